The normalized spacial score (nSPS) is 13.7. The molecule has 94 valence electrons. The lowest BCUT2D eigenvalue weighted by atomic mass is 10.2. The van der Waals surface area contributed by atoms with Crippen LogP contribution >= 0.6 is 11.8 Å². The number of hydrogen-bond donors (Lipinski definition) is 2. The lowest BCUT2D eigenvalue weighted by Crippen LogP contribution is -2.18. The molecule has 0 spiro atoms. The van der Waals surface area contributed by atoms with E-state index in [4.69, 9.17) is 10.9 Å². The molecular weight excluding hydrogens is 236 g/mol. The quantitative estimate of drug-likeness (QED) is 0.210. The van der Waals surface area contributed by atoms with Crippen molar-refractivity contribution in [3.05, 3.63) is 17.5 Å². The fourth-order valence-corrected chi connectivity index (χ4v) is 2.55. The van der Waals surface area contributed by atoms with Gasteiger partial charge in [0.05, 0.1) is 0 Å². The number of rotatable bonds is 5. The topological polar surface area (TPSA) is 84.4 Å². The van der Waals surface area contributed by atoms with Crippen LogP contribution in [0.15, 0.2) is 16.4 Å². The number of aryl methyl sites for hydroxylation is 2. The van der Waals surface area contributed by atoms with Crippen LogP contribution in [-0.4, -0.2) is 26.3 Å². The Morgan fingerprint density at radius 3 is 2.53 bits per heavy atom. The summed E-state index contributed by atoms with van der Waals surface area (Å²) in [4.78, 5) is 8.73. The van der Waals surface area contributed by atoms with Crippen molar-refractivity contribution in [3.8, 4) is 0 Å². The highest BCUT2D eigenvalue weighted by Crippen LogP contribution is 2.24. The van der Waals surface area contributed by atoms with E-state index in [0.717, 1.165) is 23.0 Å². The van der Waals surface area contributed by atoms with E-state index in [-0.39, 0.29) is 11.1 Å². The first-order valence-corrected chi connectivity index (χ1v) is 6.38. The highest BCUT2D eigenvalue weighted by Gasteiger charge is 2.13. The largest absolute Gasteiger partial charge is 0.409 e. The Morgan fingerprint density at radius 2 is 2.06 bits per heavy atom. The van der Waals surface area contributed by atoms with Crippen molar-refractivity contribution in [1.82, 2.24) is 9.97 Å². The van der Waals surface area contributed by atoms with Gasteiger partial charge in [0.1, 0.15) is 5.84 Å². The summed E-state index contributed by atoms with van der Waals surface area (Å²) in [5, 5.41) is 12.5. The standard InChI is InChI=1S/C11H18N4OS/c1-4-9(6-10(12)15-16)17-11-13-7(2)5-8(3)14-11/h5,9,16H,4,6H2,1-3H3,(H2,12,15). The second-order valence-electron chi connectivity index (χ2n) is 3.88. The third-order valence-corrected chi connectivity index (χ3v) is 3.48. The Kier molecular flexibility index (Phi) is 5.21. The van der Waals surface area contributed by atoms with Gasteiger partial charge in [-0.15, -0.1) is 0 Å². The molecule has 1 aromatic heterocycles. The van der Waals surface area contributed by atoms with Crippen molar-refractivity contribution in [2.24, 2.45) is 10.9 Å². The van der Waals surface area contributed by atoms with E-state index in [1.54, 1.807) is 11.8 Å². The van der Waals surface area contributed by atoms with Gasteiger partial charge in [0, 0.05) is 23.1 Å². The molecule has 0 aliphatic carbocycles. The van der Waals surface area contributed by atoms with Crippen LogP contribution in [0.5, 0.6) is 0 Å². The molecule has 1 rings (SSSR count). The van der Waals surface area contributed by atoms with Crippen molar-refractivity contribution in [1.29, 1.82) is 0 Å². The predicted octanol–water partition coefficient (Wildman–Crippen LogP) is 2.10. The Hall–Kier alpha value is -1.30. The van der Waals surface area contributed by atoms with Crippen LogP contribution in [0.1, 0.15) is 31.2 Å². The van der Waals surface area contributed by atoms with Crippen molar-refractivity contribution in [3.63, 3.8) is 0 Å². The third kappa shape index (κ3) is 4.60. The average Bonchev–Trinajstić information content (AvgIpc) is 2.26. The minimum atomic E-state index is 0.229. The zero-order valence-electron chi connectivity index (χ0n) is 10.3. The number of aromatic nitrogens is 2. The molecule has 0 radical (unpaired) electrons. The average molecular weight is 254 g/mol. The monoisotopic (exact) mass is 254 g/mol. The SMILES string of the molecule is CCC(CC(N)=NO)Sc1nc(C)cc(C)n1. The van der Waals surface area contributed by atoms with E-state index in [1.807, 2.05) is 19.9 Å². The maximum atomic E-state index is 8.56. The minimum Gasteiger partial charge on any atom is -0.409 e. The summed E-state index contributed by atoms with van der Waals surface area (Å²) >= 11 is 1.57. The molecule has 5 nitrogen and oxygen atoms in total. The van der Waals surface area contributed by atoms with E-state index in [1.165, 1.54) is 0 Å². The Balaban J connectivity index is 2.73. The van der Waals surface area contributed by atoms with Crippen LogP contribution in [0.25, 0.3) is 0 Å². The molecule has 0 aliphatic heterocycles. The summed E-state index contributed by atoms with van der Waals surface area (Å²) in [6.45, 7) is 5.96. The maximum absolute atomic E-state index is 8.56. The van der Waals surface area contributed by atoms with Crippen LogP contribution in [0.3, 0.4) is 0 Å². The molecule has 17 heavy (non-hydrogen) atoms. The molecule has 1 aromatic rings. The first-order valence-electron chi connectivity index (χ1n) is 5.50. The van der Waals surface area contributed by atoms with Crippen LogP contribution in [0.4, 0.5) is 0 Å². The van der Waals surface area contributed by atoms with Crippen LogP contribution in [-0.2, 0) is 0 Å². The number of nitrogens with two attached hydrogens (primary N) is 1. The molecule has 0 aromatic carbocycles. The first kappa shape index (κ1) is 13.8. The number of thioether (sulfide) groups is 1. The van der Waals surface area contributed by atoms with E-state index in [2.05, 4.69) is 22.0 Å². The molecule has 0 amide bonds. The Labute approximate surface area is 106 Å². The summed E-state index contributed by atoms with van der Waals surface area (Å²) in [6, 6.07) is 1.94. The molecule has 0 fully saturated rings. The molecule has 1 unspecified atom stereocenters. The lowest BCUT2D eigenvalue weighted by Gasteiger charge is -2.12. The van der Waals surface area contributed by atoms with Crippen LogP contribution in [0.2, 0.25) is 0 Å². The van der Waals surface area contributed by atoms with Gasteiger partial charge < -0.3 is 10.9 Å². The predicted molar refractivity (Wildman–Crippen MR) is 69.5 cm³/mol. The summed E-state index contributed by atoms with van der Waals surface area (Å²) in [6.07, 6.45) is 1.45. The molecule has 0 aliphatic rings. The molecular formula is C11H18N4OS. The van der Waals surface area contributed by atoms with Gasteiger partial charge in [0.2, 0.25) is 0 Å². The fourth-order valence-electron chi connectivity index (χ4n) is 1.44. The smallest absolute Gasteiger partial charge is 0.188 e. The van der Waals surface area contributed by atoms with E-state index >= 15 is 0 Å². The maximum Gasteiger partial charge on any atom is 0.188 e. The Morgan fingerprint density at radius 1 is 1.47 bits per heavy atom. The number of hydrogen-bond acceptors (Lipinski definition) is 5. The highest BCUT2D eigenvalue weighted by molar-refractivity contribution is 7.99. The summed E-state index contributed by atoms with van der Waals surface area (Å²) in [5.74, 6) is 0.244. The van der Waals surface area contributed by atoms with Gasteiger partial charge in [0.25, 0.3) is 0 Å². The third-order valence-electron chi connectivity index (χ3n) is 2.25. The van der Waals surface area contributed by atoms with Gasteiger partial charge in [-0.2, -0.15) is 0 Å². The molecule has 1 atom stereocenters. The minimum absolute atomic E-state index is 0.229. The zero-order valence-corrected chi connectivity index (χ0v) is 11.2. The molecule has 0 saturated carbocycles. The molecule has 6 heteroatoms. The first-order chi connectivity index (χ1) is 8.05. The van der Waals surface area contributed by atoms with Crippen LogP contribution < -0.4 is 5.73 Å². The van der Waals surface area contributed by atoms with Gasteiger partial charge >= 0.3 is 0 Å². The van der Waals surface area contributed by atoms with E-state index in [9.17, 15) is 0 Å². The molecule has 1 heterocycles. The van der Waals surface area contributed by atoms with Gasteiger partial charge in [0.15, 0.2) is 5.16 Å². The Bertz CT molecular complexity index is 388. The summed E-state index contributed by atoms with van der Waals surface area (Å²) in [5.41, 5.74) is 7.42. The van der Waals surface area contributed by atoms with Crippen molar-refractivity contribution in [2.75, 3.05) is 0 Å². The summed E-state index contributed by atoms with van der Waals surface area (Å²) < 4.78 is 0. The zero-order chi connectivity index (χ0) is 12.8. The van der Waals surface area contributed by atoms with Gasteiger partial charge in [-0.25, -0.2) is 9.97 Å². The van der Waals surface area contributed by atoms with Crippen LogP contribution in [0, 0.1) is 13.8 Å². The van der Waals surface area contributed by atoms with E-state index in [0.29, 0.717) is 6.42 Å². The number of amidine groups is 1. The molecule has 0 bridgehead atoms. The van der Waals surface area contributed by atoms with Gasteiger partial charge in [-0.1, -0.05) is 23.8 Å². The molecule has 0 saturated heterocycles. The van der Waals surface area contributed by atoms with E-state index < -0.39 is 0 Å². The van der Waals surface area contributed by atoms with Crippen molar-refractivity contribution in [2.45, 2.75) is 44.0 Å². The fraction of sp³-hybridized carbons (Fsp3) is 0.545. The lowest BCUT2D eigenvalue weighted by molar-refractivity contribution is 0.316. The summed E-state index contributed by atoms with van der Waals surface area (Å²) in [7, 11) is 0. The second-order valence-corrected chi connectivity index (χ2v) is 5.14. The van der Waals surface area contributed by atoms with Gasteiger partial charge in [-0.3, -0.25) is 0 Å². The molecule has 3 N–H and O–H groups in total. The number of oxime groups is 1. The van der Waals surface area contributed by atoms with Crippen molar-refractivity contribution >= 4 is 17.6 Å². The second kappa shape index (κ2) is 6.44. The van der Waals surface area contributed by atoms with Crippen molar-refractivity contribution < 1.29 is 5.21 Å². The highest BCUT2D eigenvalue weighted by atomic mass is 32.2. The van der Waals surface area contributed by atoms with Gasteiger partial charge in [-0.05, 0) is 26.3 Å². The number of nitrogens with zero attached hydrogens (tertiary/aromatic N) is 3.